The van der Waals surface area contributed by atoms with Crippen molar-refractivity contribution in [3.8, 4) is 0 Å². The van der Waals surface area contributed by atoms with Gasteiger partial charge in [0.1, 0.15) is 6.04 Å². The number of nitrogens with one attached hydrogen (secondary N) is 2. The van der Waals surface area contributed by atoms with E-state index in [9.17, 15) is 9.59 Å². The second-order valence-electron chi connectivity index (χ2n) is 4.02. The topological polar surface area (TPSA) is 67.4 Å². The Morgan fingerprint density at radius 1 is 1.62 bits per heavy atom. The zero-order chi connectivity index (χ0) is 11.4. The number of carbonyl (C=O) groups excluding carboxylic acids is 2. The van der Waals surface area contributed by atoms with Gasteiger partial charge in [0, 0.05) is 18.9 Å². The third-order valence-corrected chi connectivity index (χ3v) is 3.73. The first kappa shape index (κ1) is 11.7. The minimum Gasteiger partial charge on any atom is -0.376 e. The Morgan fingerprint density at radius 3 is 3.19 bits per heavy atom. The van der Waals surface area contributed by atoms with Gasteiger partial charge in [-0.25, -0.2) is 0 Å². The molecule has 0 aromatic carbocycles. The van der Waals surface area contributed by atoms with E-state index in [2.05, 4.69) is 10.6 Å². The standard InChI is InChI=1S/C10H16N2O3S/c13-9-6-16-5-8(12-9)10(14)11-4-7-2-1-3-15-7/h7-8H,1-6H2,(H,11,14)(H,12,13). The van der Waals surface area contributed by atoms with E-state index in [-0.39, 0.29) is 24.0 Å². The van der Waals surface area contributed by atoms with Gasteiger partial charge in [0.05, 0.1) is 11.9 Å². The molecular weight excluding hydrogens is 228 g/mol. The van der Waals surface area contributed by atoms with Gasteiger partial charge in [0.2, 0.25) is 11.8 Å². The van der Waals surface area contributed by atoms with Crippen LogP contribution in [0.4, 0.5) is 0 Å². The number of rotatable bonds is 3. The summed E-state index contributed by atoms with van der Waals surface area (Å²) in [5.74, 6) is 0.947. The van der Waals surface area contributed by atoms with Crippen LogP contribution in [0.25, 0.3) is 0 Å². The highest BCUT2D eigenvalue weighted by molar-refractivity contribution is 8.00. The monoisotopic (exact) mass is 244 g/mol. The third kappa shape index (κ3) is 3.12. The Balaban J connectivity index is 1.72. The lowest BCUT2D eigenvalue weighted by molar-refractivity contribution is -0.127. The SMILES string of the molecule is O=C1CSCC(C(=O)NCC2CCCO2)N1. The fourth-order valence-corrected chi connectivity index (χ4v) is 2.69. The van der Waals surface area contributed by atoms with Crippen molar-refractivity contribution in [1.82, 2.24) is 10.6 Å². The first-order valence-corrected chi connectivity index (χ1v) is 6.67. The largest absolute Gasteiger partial charge is 0.376 e. The molecule has 0 spiro atoms. The zero-order valence-electron chi connectivity index (χ0n) is 9.03. The summed E-state index contributed by atoms with van der Waals surface area (Å²) in [7, 11) is 0. The molecule has 5 nitrogen and oxygen atoms in total. The lowest BCUT2D eigenvalue weighted by atomic mass is 10.2. The Hall–Kier alpha value is -0.750. The molecule has 2 rings (SSSR count). The number of hydrogen-bond acceptors (Lipinski definition) is 4. The molecule has 2 unspecified atom stereocenters. The first-order valence-electron chi connectivity index (χ1n) is 5.52. The molecule has 2 fully saturated rings. The van der Waals surface area contributed by atoms with Crippen LogP contribution in [0.1, 0.15) is 12.8 Å². The molecule has 0 aromatic heterocycles. The molecule has 2 atom stereocenters. The van der Waals surface area contributed by atoms with E-state index < -0.39 is 0 Å². The summed E-state index contributed by atoms with van der Waals surface area (Å²) in [4.78, 5) is 22.8. The predicted molar refractivity (Wildman–Crippen MR) is 61.2 cm³/mol. The van der Waals surface area contributed by atoms with Crippen LogP contribution in [-0.4, -0.2) is 48.6 Å². The predicted octanol–water partition coefficient (Wildman–Crippen LogP) is -0.487. The second-order valence-corrected chi connectivity index (χ2v) is 5.05. The maximum atomic E-state index is 11.7. The Labute approximate surface area is 98.7 Å². The molecule has 0 radical (unpaired) electrons. The maximum absolute atomic E-state index is 11.7. The van der Waals surface area contributed by atoms with Gasteiger partial charge < -0.3 is 15.4 Å². The van der Waals surface area contributed by atoms with Gasteiger partial charge in [-0.2, -0.15) is 0 Å². The molecule has 0 aromatic rings. The molecule has 2 aliphatic rings. The molecule has 0 aliphatic carbocycles. The summed E-state index contributed by atoms with van der Waals surface area (Å²) in [6.45, 7) is 1.34. The van der Waals surface area contributed by atoms with Crippen molar-refractivity contribution >= 4 is 23.6 Å². The van der Waals surface area contributed by atoms with Crippen molar-refractivity contribution in [3.05, 3.63) is 0 Å². The molecule has 0 saturated carbocycles. The van der Waals surface area contributed by atoms with Gasteiger partial charge in [-0.05, 0) is 12.8 Å². The van der Waals surface area contributed by atoms with Crippen LogP contribution in [0.5, 0.6) is 0 Å². The van der Waals surface area contributed by atoms with Crippen LogP contribution in [-0.2, 0) is 14.3 Å². The van der Waals surface area contributed by atoms with E-state index in [1.165, 1.54) is 11.8 Å². The van der Waals surface area contributed by atoms with Crippen molar-refractivity contribution in [1.29, 1.82) is 0 Å². The number of carbonyl (C=O) groups is 2. The van der Waals surface area contributed by atoms with Crippen molar-refractivity contribution in [3.63, 3.8) is 0 Å². The van der Waals surface area contributed by atoms with Gasteiger partial charge >= 0.3 is 0 Å². The Kier molecular flexibility index (Phi) is 4.06. The van der Waals surface area contributed by atoms with Gasteiger partial charge in [0.15, 0.2) is 0 Å². The summed E-state index contributed by atoms with van der Waals surface area (Å²) in [5.41, 5.74) is 0. The smallest absolute Gasteiger partial charge is 0.243 e. The van der Waals surface area contributed by atoms with Crippen LogP contribution in [0.15, 0.2) is 0 Å². The Morgan fingerprint density at radius 2 is 2.50 bits per heavy atom. The molecule has 2 aliphatic heterocycles. The van der Waals surface area contributed by atoms with E-state index >= 15 is 0 Å². The summed E-state index contributed by atoms with van der Waals surface area (Å²) >= 11 is 1.49. The van der Waals surface area contributed by atoms with E-state index in [1.54, 1.807) is 0 Å². The Bertz CT molecular complexity index is 279. The summed E-state index contributed by atoms with van der Waals surface area (Å²) < 4.78 is 5.40. The van der Waals surface area contributed by atoms with Gasteiger partial charge in [0.25, 0.3) is 0 Å². The molecule has 2 heterocycles. The molecule has 2 N–H and O–H groups in total. The molecule has 90 valence electrons. The fraction of sp³-hybridized carbons (Fsp3) is 0.800. The lowest BCUT2D eigenvalue weighted by Crippen LogP contribution is -2.52. The summed E-state index contributed by atoms with van der Waals surface area (Å²) in [5, 5.41) is 5.50. The van der Waals surface area contributed by atoms with Crippen molar-refractivity contribution in [2.45, 2.75) is 25.0 Å². The number of amides is 2. The van der Waals surface area contributed by atoms with Gasteiger partial charge in [-0.1, -0.05) is 0 Å². The van der Waals surface area contributed by atoms with Crippen LogP contribution in [0.2, 0.25) is 0 Å². The van der Waals surface area contributed by atoms with E-state index in [1.807, 2.05) is 0 Å². The van der Waals surface area contributed by atoms with E-state index in [0.717, 1.165) is 19.4 Å². The van der Waals surface area contributed by atoms with Gasteiger partial charge in [-0.15, -0.1) is 11.8 Å². The molecule has 6 heteroatoms. The highest BCUT2D eigenvalue weighted by atomic mass is 32.2. The average molecular weight is 244 g/mol. The minimum absolute atomic E-state index is 0.0616. The lowest BCUT2D eigenvalue weighted by Gasteiger charge is -2.22. The second kappa shape index (κ2) is 5.54. The van der Waals surface area contributed by atoms with Crippen molar-refractivity contribution in [2.24, 2.45) is 0 Å². The molecule has 2 saturated heterocycles. The molecule has 16 heavy (non-hydrogen) atoms. The third-order valence-electron chi connectivity index (χ3n) is 2.70. The molecule has 2 amide bonds. The molecular formula is C10H16N2O3S. The molecule has 0 bridgehead atoms. The van der Waals surface area contributed by atoms with Crippen LogP contribution >= 0.6 is 11.8 Å². The number of hydrogen-bond donors (Lipinski definition) is 2. The highest BCUT2D eigenvalue weighted by Gasteiger charge is 2.25. The normalized spacial score (nSPS) is 29.9. The average Bonchev–Trinajstić information content (AvgIpc) is 2.78. The van der Waals surface area contributed by atoms with E-state index in [0.29, 0.717) is 18.1 Å². The summed E-state index contributed by atoms with van der Waals surface area (Å²) in [6.07, 6.45) is 2.22. The fourth-order valence-electron chi connectivity index (χ4n) is 1.83. The van der Waals surface area contributed by atoms with Crippen LogP contribution in [0.3, 0.4) is 0 Å². The minimum atomic E-state index is -0.382. The van der Waals surface area contributed by atoms with Crippen molar-refractivity contribution < 1.29 is 14.3 Å². The highest BCUT2D eigenvalue weighted by Crippen LogP contribution is 2.11. The number of thioether (sulfide) groups is 1. The summed E-state index contributed by atoms with van der Waals surface area (Å²) in [6, 6.07) is -0.382. The van der Waals surface area contributed by atoms with Crippen LogP contribution < -0.4 is 10.6 Å². The zero-order valence-corrected chi connectivity index (χ0v) is 9.85. The van der Waals surface area contributed by atoms with E-state index in [4.69, 9.17) is 4.74 Å². The maximum Gasteiger partial charge on any atom is 0.243 e. The van der Waals surface area contributed by atoms with Gasteiger partial charge in [-0.3, -0.25) is 9.59 Å². The number of ether oxygens (including phenoxy) is 1. The van der Waals surface area contributed by atoms with Crippen LogP contribution in [0, 0.1) is 0 Å². The first-order chi connectivity index (χ1) is 7.75. The quantitative estimate of drug-likeness (QED) is 0.703. The van der Waals surface area contributed by atoms with Crippen molar-refractivity contribution in [2.75, 3.05) is 24.7 Å².